The summed E-state index contributed by atoms with van der Waals surface area (Å²) in [5.41, 5.74) is 12.9. The molecule has 43 heavy (non-hydrogen) atoms. The zero-order valence-electron chi connectivity index (χ0n) is 25.5. The first-order valence-corrected chi connectivity index (χ1v) is 15.3. The Morgan fingerprint density at radius 2 is 0.953 bits per heavy atom. The Bertz CT molecular complexity index is 2240. The van der Waals surface area contributed by atoms with Crippen molar-refractivity contribution >= 4 is 49.4 Å². The maximum Gasteiger partial charge on any atom is 0.0543 e. The van der Waals surface area contributed by atoms with Gasteiger partial charge in [0, 0.05) is 22.2 Å². The van der Waals surface area contributed by atoms with Crippen LogP contribution in [0.2, 0.25) is 0 Å². The fraction of sp³-hybridized carbons (Fsp3) is 0.143. The van der Waals surface area contributed by atoms with E-state index in [1.54, 1.807) is 0 Å². The molecule has 1 aliphatic carbocycles. The van der Waals surface area contributed by atoms with Crippen molar-refractivity contribution in [1.29, 1.82) is 0 Å². The van der Waals surface area contributed by atoms with E-state index in [2.05, 4.69) is 161 Å². The van der Waals surface area contributed by atoms with Crippen LogP contribution in [0.5, 0.6) is 0 Å². The molecule has 0 spiro atoms. The highest BCUT2D eigenvalue weighted by atomic mass is 15.1. The summed E-state index contributed by atoms with van der Waals surface area (Å²) in [6, 6.07) is 45.1. The maximum atomic E-state index is 2.50. The van der Waals surface area contributed by atoms with Crippen molar-refractivity contribution in [3.05, 3.63) is 149 Å². The summed E-state index contributed by atoms with van der Waals surface area (Å²) < 4.78 is 0. The summed E-state index contributed by atoms with van der Waals surface area (Å²) in [5, 5.41) is 7.93. The largest absolute Gasteiger partial charge is 0.310 e. The van der Waals surface area contributed by atoms with Crippen molar-refractivity contribution in [1.82, 2.24) is 0 Å². The minimum Gasteiger partial charge on any atom is -0.310 e. The average molecular weight is 554 g/mol. The highest BCUT2D eigenvalue weighted by Crippen LogP contribution is 2.58. The van der Waals surface area contributed by atoms with Crippen molar-refractivity contribution in [3.8, 4) is 11.1 Å². The van der Waals surface area contributed by atoms with Crippen LogP contribution in [0.1, 0.15) is 41.7 Å². The van der Waals surface area contributed by atoms with Gasteiger partial charge in [0.05, 0.1) is 5.69 Å². The summed E-state index contributed by atoms with van der Waals surface area (Å²) in [4.78, 5) is 2.49. The van der Waals surface area contributed by atoms with Crippen molar-refractivity contribution in [2.45, 2.75) is 40.0 Å². The molecular weight excluding hydrogens is 518 g/mol. The number of anilines is 3. The van der Waals surface area contributed by atoms with Crippen LogP contribution >= 0.6 is 0 Å². The van der Waals surface area contributed by atoms with Gasteiger partial charge in [0.15, 0.2) is 0 Å². The van der Waals surface area contributed by atoms with E-state index in [1.165, 1.54) is 88.3 Å². The molecule has 0 radical (unpaired) electrons. The van der Waals surface area contributed by atoms with Crippen LogP contribution in [-0.4, -0.2) is 0 Å². The lowest BCUT2D eigenvalue weighted by Gasteiger charge is -2.31. The maximum absolute atomic E-state index is 2.50. The predicted molar refractivity (Wildman–Crippen MR) is 185 cm³/mol. The second-order valence-electron chi connectivity index (χ2n) is 12.7. The molecule has 1 aliphatic rings. The van der Waals surface area contributed by atoms with Gasteiger partial charge in [-0.2, -0.15) is 0 Å². The Morgan fingerprint density at radius 3 is 1.63 bits per heavy atom. The molecule has 0 amide bonds. The van der Waals surface area contributed by atoms with E-state index in [9.17, 15) is 0 Å². The standard InChI is InChI=1S/C42H35N/c1-26-23-28(3)37(24-27(26)2)43(29-15-7-6-8-16-29)38-25-36-39(34-21-13-11-19-32(34)38)40-33-20-12-9-17-30(33)31-18-10-14-22-35(31)41(40)42(36,4)5/h6-25H,1-5H3. The number of nitrogens with zero attached hydrogens (tertiary/aromatic N) is 1. The number of para-hydroxylation sites is 1. The normalized spacial score (nSPS) is 13.4. The second kappa shape index (κ2) is 9.31. The van der Waals surface area contributed by atoms with Crippen molar-refractivity contribution < 1.29 is 0 Å². The van der Waals surface area contributed by atoms with Crippen LogP contribution in [0.3, 0.4) is 0 Å². The Labute approximate surface area is 254 Å². The number of hydrogen-bond donors (Lipinski definition) is 0. The van der Waals surface area contributed by atoms with E-state index in [1.807, 2.05) is 0 Å². The molecule has 0 unspecified atom stereocenters. The molecule has 0 heterocycles. The molecule has 0 aromatic heterocycles. The van der Waals surface area contributed by atoms with Crippen LogP contribution < -0.4 is 4.90 Å². The van der Waals surface area contributed by atoms with Crippen LogP contribution in [-0.2, 0) is 5.41 Å². The smallest absolute Gasteiger partial charge is 0.0543 e. The Hall–Kier alpha value is -4.88. The molecular formula is C42H35N. The summed E-state index contributed by atoms with van der Waals surface area (Å²) in [6.45, 7) is 11.5. The summed E-state index contributed by atoms with van der Waals surface area (Å²) in [5.74, 6) is 0. The van der Waals surface area contributed by atoms with Gasteiger partial charge in [-0.05, 0) is 111 Å². The molecule has 1 nitrogen and oxygen atoms in total. The van der Waals surface area contributed by atoms with Crippen LogP contribution in [0, 0.1) is 20.8 Å². The highest BCUT2D eigenvalue weighted by molar-refractivity contribution is 6.22. The number of aryl methyl sites for hydroxylation is 3. The van der Waals surface area contributed by atoms with E-state index in [0.717, 1.165) is 0 Å². The van der Waals surface area contributed by atoms with Gasteiger partial charge in [0.2, 0.25) is 0 Å². The Kier molecular flexibility index (Phi) is 5.59. The van der Waals surface area contributed by atoms with Crippen LogP contribution in [0.4, 0.5) is 17.1 Å². The molecule has 208 valence electrons. The summed E-state index contributed by atoms with van der Waals surface area (Å²) in [6.07, 6.45) is 0. The number of rotatable bonds is 3. The van der Waals surface area contributed by atoms with Gasteiger partial charge >= 0.3 is 0 Å². The molecule has 0 aliphatic heterocycles. The molecule has 0 fully saturated rings. The third-order valence-corrected chi connectivity index (χ3v) is 9.81. The Balaban J connectivity index is 1.53. The molecule has 7 aromatic rings. The second-order valence-corrected chi connectivity index (χ2v) is 12.7. The van der Waals surface area contributed by atoms with Crippen molar-refractivity contribution in [2.24, 2.45) is 0 Å². The molecule has 0 atom stereocenters. The first kappa shape index (κ1) is 25.8. The molecule has 8 rings (SSSR count). The molecule has 7 aromatic carbocycles. The molecule has 0 saturated heterocycles. The van der Waals surface area contributed by atoms with Gasteiger partial charge in [-0.1, -0.05) is 111 Å². The lowest BCUT2D eigenvalue weighted by molar-refractivity contribution is 0.667. The number of benzene rings is 7. The lowest BCUT2D eigenvalue weighted by Crippen LogP contribution is -2.18. The summed E-state index contributed by atoms with van der Waals surface area (Å²) >= 11 is 0. The fourth-order valence-corrected chi connectivity index (χ4v) is 7.66. The van der Waals surface area contributed by atoms with Crippen LogP contribution in [0.25, 0.3) is 43.4 Å². The number of hydrogen-bond acceptors (Lipinski definition) is 1. The van der Waals surface area contributed by atoms with Gasteiger partial charge in [0.1, 0.15) is 0 Å². The first-order valence-electron chi connectivity index (χ1n) is 15.3. The van der Waals surface area contributed by atoms with Gasteiger partial charge in [0.25, 0.3) is 0 Å². The SMILES string of the molecule is Cc1cc(C)c(N(c2ccccc2)c2cc3c(c4ccccc24)-c2c(c4ccccc4c4ccccc24)C3(C)C)cc1C. The monoisotopic (exact) mass is 553 g/mol. The molecule has 0 saturated carbocycles. The van der Waals surface area contributed by atoms with Crippen LogP contribution in [0.15, 0.2) is 121 Å². The van der Waals surface area contributed by atoms with E-state index < -0.39 is 0 Å². The van der Waals surface area contributed by atoms with Gasteiger partial charge in [-0.25, -0.2) is 0 Å². The minimum absolute atomic E-state index is 0.187. The highest BCUT2D eigenvalue weighted by Gasteiger charge is 2.40. The molecule has 0 bridgehead atoms. The van der Waals surface area contributed by atoms with E-state index in [4.69, 9.17) is 0 Å². The third-order valence-electron chi connectivity index (χ3n) is 9.81. The van der Waals surface area contributed by atoms with E-state index in [0.29, 0.717) is 0 Å². The fourth-order valence-electron chi connectivity index (χ4n) is 7.66. The number of fused-ring (bicyclic) bond motifs is 10. The first-order chi connectivity index (χ1) is 20.9. The van der Waals surface area contributed by atoms with Gasteiger partial charge in [-0.3, -0.25) is 0 Å². The molecule has 0 N–H and O–H groups in total. The van der Waals surface area contributed by atoms with Crippen molar-refractivity contribution in [3.63, 3.8) is 0 Å². The average Bonchev–Trinajstić information content (AvgIpc) is 3.27. The summed E-state index contributed by atoms with van der Waals surface area (Å²) in [7, 11) is 0. The molecule has 1 heteroatoms. The third kappa shape index (κ3) is 3.64. The van der Waals surface area contributed by atoms with E-state index >= 15 is 0 Å². The Morgan fingerprint density at radius 1 is 0.442 bits per heavy atom. The minimum atomic E-state index is -0.187. The topological polar surface area (TPSA) is 3.24 Å². The van der Waals surface area contributed by atoms with Gasteiger partial charge in [-0.15, -0.1) is 0 Å². The predicted octanol–water partition coefficient (Wildman–Crippen LogP) is 11.8. The van der Waals surface area contributed by atoms with Gasteiger partial charge < -0.3 is 4.90 Å². The zero-order chi connectivity index (χ0) is 29.5. The zero-order valence-corrected chi connectivity index (χ0v) is 25.5. The lowest BCUT2D eigenvalue weighted by atomic mass is 9.79. The van der Waals surface area contributed by atoms with Crippen molar-refractivity contribution in [2.75, 3.05) is 4.90 Å². The van der Waals surface area contributed by atoms with E-state index in [-0.39, 0.29) is 5.41 Å². The quantitative estimate of drug-likeness (QED) is 0.197.